The van der Waals surface area contributed by atoms with Crippen LogP contribution in [0.4, 0.5) is 0 Å². The maximum Gasteiger partial charge on any atom is 0.246 e. The Balaban J connectivity index is 1.51. The van der Waals surface area contributed by atoms with Gasteiger partial charge >= 0.3 is 0 Å². The maximum absolute atomic E-state index is 12.4. The molecule has 2 saturated heterocycles. The van der Waals surface area contributed by atoms with Crippen LogP contribution in [0.5, 0.6) is 0 Å². The molecule has 25 heavy (non-hydrogen) atoms. The van der Waals surface area contributed by atoms with Crippen molar-refractivity contribution in [2.24, 2.45) is 0 Å². The number of rotatable bonds is 3. The minimum Gasteiger partial charge on any atom is -0.335 e. The van der Waals surface area contributed by atoms with Gasteiger partial charge in [-0.05, 0) is 18.2 Å². The highest BCUT2D eigenvalue weighted by atomic mass is 16.2. The highest BCUT2D eigenvalue weighted by molar-refractivity contribution is 5.95. The fraction of sp³-hybridized carbons (Fsp3) is 0.412. The molecule has 0 aromatic carbocycles. The first-order valence-corrected chi connectivity index (χ1v) is 8.34. The van der Waals surface area contributed by atoms with E-state index in [0.717, 1.165) is 12.2 Å². The van der Waals surface area contributed by atoms with E-state index in [1.165, 1.54) is 4.90 Å². The molecule has 4 heterocycles. The predicted molar refractivity (Wildman–Crippen MR) is 89.8 cm³/mol. The van der Waals surface area contributed by atoms with Gasteiger partial charge in [-0.15, -0.1) is 0 Å². The number of piperazine rings is 2. The number of carbonyl (C=O) groups is 2. The maximum atomic E-state index is 12.4. The molecule has 8 nitrogen and oxygen atoms in total. The van der Waals surface area contributed by atoms with Gasteiger partial charge in [0.15, 0.2) is 0 Å². The third-order valence-corrected chi connectivity index (χ3v) is 4.80. The summed E-state index contributed by atoms with van der Waals surface area (Å²) in [6.45, 7) is 2.76. The van der Waals surface area contributed by atoms with Gasteiger partial charge in [-0.2, -0.15) is 0 Å². The molecule has 130 valence electrons. The van der Waals surface area contributed by atoms with Crippen molar-refractivity contribution in [3.63, 3.8) is 0 Å². The Morgan fingerprint density at radius 3 is 2.76 bits per heavy atom. The van der Waals surface area contributed by atoms with E-state index in [2.05, 4.69) is 14.9 Å². The van der Waals surface area contributed by atoms with Crippen molar-refractivity contribution in [3.8, 4) is 5.95 Å². The van der Waals surface area contributed by atoms with Crippen molar-refractivity contribution < 1.29 is 9.59 Å². The largest absolute Gasteiger partial charge is 0.335 e. The van der Waals surface area contributed by atoms with Crippen molar-refractivity contribution in [1.82, 2.24) is 29.2 Å². The van der Waals surface area contributed by atoms with E-state index in [1.54, 1.807) is 30.4 Å². The number of carbonyl (C=O) groups excluding carboxylic acids is 2. The highest BCUT2D eigenvalue weighted by Gasteiger charge is 2.41. The van der Waals surface area contributed by atoms with Crippen LogP contribution in [0.2, 0.25) is 0 Å². The van der Waals surface area contributed by atoms with Crippen LogP contribution in [0.3, 0.4) is 0 Å². The Kier molecular flexibility index (Phi) is 3.96. The Labute approximate surface area is 145 Å². The second-order valence-electron chi connectivity index (χ2n) is 6.45. The van der Waals surface area contributed by atoms with E-state index >= 15 is 0 Å². The summed E-state index contributed by atoms with van der Waals surface area (Å²) < 4.78 is 1.95. The summed E-state index contributed by atoms with van der Waals surface area (Å²) in [5.74, 6) is 0.684. The summed E-state index contributed by atoms with van der Waals surface area (Å²) in [5.41, 5.74) is 1.06. The number of fused-ring (bicyclic) bond motifs is 1. The Morgan fingerprint density at radius 1 is 1.16 bits per heavy atom. The average Bonchev–Trinajstić information content (AvgIpc) is 3.08. The first-order valence-electron chi connectivity index (χ1n) is 8.34. The highest BCUT2D eigenvalue weighted by Crippen LogP contribution is 2.19. The molecule has 2 aliphatic rings. The lowest BCUT2D eigenvalue weighted by atomic mass is 10.1. The van der Waals surface area contributed by atoms with Crippen molar-refractivity contribution in [1.29, 1.82) is 0 Å². The Morgan fingerprint density at radius 2 is 1.96 bits per heavy atom. The molecule has 2 aromatic heterocycles. The lowest BCUT2D eigenvalue weighted by Gasteiger charge is -2.45. The molecule has 2 amide bonds. The zero-order chi connectivity index (χ0) is 17.4. The van der Waals surface area contributed by atoms with Gasteiger partial charge in [0.05, 0.1) is 6.54 Å². The van der Waals surface area contributed by atoms with Crippen LogP contribution in [-0.4, -0.2) is 80.3 Å². The molecule has 4 rings (SSSR count). The fourth-order valence-electron chi connectivity index (χ4n) is 3.50. The summed E-state index contributed by atoms with van der Waals surface area (Å²) in [7, 11) is 1.69. The Hall–Kier alpha value is -2.74. The predicted octanol–water partition coefficient (Wildman–Crippen LogP) is -0.248. The molecule has 2 aromatic rings. The molecule has 2 aliphatic heterocycles. The monoisotopic (exact) mass is 340 g/mol. The molecule has 1 atom stereocenters. The molecule has 2 fully saturated rings. The van der Waals surface area contributed by atoms with Crippen molar-refractivity contribution in [2.45, 2.75) is 12.6 Å². The number of nitrogens with zero attached hydrogens (tertiary/aromatic N) is 6. The molecule has 1 unspecified atom stereocenters. The second kappa shape index (κ2) is 6.29. The Bertz CT molecular complexity index is 789. The molecule has 0 N–H and O–H groups in total. The van der Waals surface area contributed by atoms with Crippen molar-refractivity contribution in [3.05, 3.63) is 42.5 Å². The number of likely N-dealkylation sites (N-methyl/N-ethyl adjacent to an activating group) is 1. The molecule has 0 radical (unpaired) electrons. The van der Waals surface area contributed by atoms with Crippen LogP contribution in [0.25, 0.3) is 5.95 Å². The minimum absolute atomic E-state index is 0.0195. The van der Waals surface area contributed by atoms with Crippen LogP contribution in [-0.2, 0) is 16.1 Å². The fourth-order valence-corrected chi connectivity index (χ4v) is 3.50. The summed E-state index contributed by atoms with van der Waals surface area (Å²) in [5, 5.41) is 0. The molecule has 8 heteroatoms. The average molecular weight is 340 g/mol. The van der Waals surface area contributed by atoms with Gasteiger partial charge in [0.25, 0.3) is 0 Å². The van der Waals surface area contributed by atoms with Crippen LogP contribution < -0.4 is 0 Å². The summed E-state index contributed by atoms with van der Waals surface area (Å²) >= 11 is 0. The molecular weight excluding hydrogens is 320 g/mol. The molecule has 0 bridgehead atoms. The van der Waals surface area contributed by atoms with Crippen molar-refractivity contribution in [2.75, 3.05) is 33.2 Å². The van der Waals surface area contributed by atoms with Gasteiger partial charge in [-0.3, -0.25) is 19.1 Å². The van der Waals surface area contributed by atoms with Gasteiger partial charge < -0.3 is 9.80 Å². The SMILES string of the molecule is CN1CC(=O)N2CCN(Cc3cccn3-c3ncccn3)CC2C1=O. The quantitative estimate of drug-likeness (QED) is 0.770. The standard InChI is InChI=1S/C17H20N6O2/c1-20-12-15(24)23-9-8-21(11-14(23)16(20)25)10-13-4-2-7-22(13)17-18-5-3-6-19-17/h2-7,14H,8-12H2,1H3. The van der Waals surface area contributed by atoms with Gasteiger partial charge in [0.1, 0.15) is 6.04 Å². The van der Waals surface area contributed by atoms with Crippen LogP contribution >= 0.6 is 0 Å². The van der Waals surface area contributed by atoms with Gasteiger partial charge in [0, 0.05) is 57.5 Å². The normalized spacial score (nSPS) is 21.6. The third kappa shape index (κ3) is 2.89. The molecule has 0 aliphatic carbocycles. The van der Waals surface area contributed by atoms with E-state index in [1.807, 2.05) is 22.9 Å². The molecule has 0 saturated carbocycles. The van der Waals surface area contributed by atoms with E-state index in [0.29, 0.717) is 25.6 Å². The summed E-state index contributed by atoms with van der Waals surface area (Å²) in [4.78, 5) is 38.6. The number of aromatic nitrogens is 3. The van der Waals surface area contributed by atoms with E-state index < -0.39 is 0 Å². The summed E-state index contributed by atoms with van der Waals surface area (Å²) in [6.07, 6.45) is 5.37. The van der Waals surface area contributed by atoms with E-state index in [4.69, 9.17) is 0 Å². The minimum atomic E-state index is -0.378. The first kappa shape index (κ1) is 15.8. The number of hydrogen-bond acceptors (Lipinski definition) is 5. The van der Waals surface area contributed by atoms with E-state index in [9.17, 15) is 9.59 Å². The van der Waals surface area contributed by atoms with Gasteiger partial charge in [0.2, 0.25) is 17.8 Å². The smallest absolute Gasteiger partial charge is 0.246 e. The third-order valence-electron chi connectivity index (χ3n) is 4.80. The summed E-state index contributed by atoms with van der Waals surface area (Å²) in [6, 6.07) is 5.40. The van der Waals surface area contributed by atoms with Crippen LogP contribution in [0.1, 0.15) is 5.69 Å². The zero-order valence-electron chi connectivity index (χ0n) is 14.1. The van der Waals surface area contributed by atoms with E-state index in [-0.39, 0.29) is 24.4 Å². The number of amides is 2. The first-order chi connectivity index (χ1) is 12.1. The van der Waals surface area contributed by atoms with Crippen LogP contribution in [0.15, 0.2) is 36.8 Å². The molecular formula is C17H20N6O2. The number of hydrogen-bond donors (Lipinski definition) is 0. The van der Waals surface area contributed by atoms with Crippen molar-refractivity contribution >= 4 is 11.8 Å². The topological polar surface area (TPSA) is 74.6 Å². The van der Waals surface area contributed by atoms with Gasteiger partial charge in [-0.25, -0.2) is 9.97 Å². The lowest BCUT2D eigenvalue weighted by molar-refractivity contribution is -0.158. The zero-order valence-corrected chi connectivity index (χ0v) is 14.1. The lowest BCUT2D eigenvalue weighted by Crippen LogP contribution is -2.65. The van der Waals surface area contributed by atoms with Gasteiger partial charge in [-0.1, -0.05) is 0 Å². The second-order valence-corrected chi connectivity index (χ2v) is 6.45. The molecule has 0 spiro atoms. The van der Waals surface area contributed by atoms with Crippen LogP contribution in [0, 0.1) is 0 Å².